The first-order valence-corrected chi connectivity index (χ1v) is 6.78. The van der Waals surface area contributed by atoms with Gasteiger partial charge < -0.3 is 10.2 Å². The van der Waals surface area contributed by atoms with Crippen LogP contribution in [-0.4, -0.2) is 37.3 Å². The SMILES string of the molecule is CC(=O)N1CCc2c(nc(C)nc2Nc2cnccn2)C1. The van der Waals surface area contributed by atoms with Crippen molar-refractivity contribution in [2.24, 2.45) is 0 Å². The van der Waals surface area contributed by atoms with Gasteiger partial charge in [-0.25, -0.2) is 15.0 Å². The number of hydrogen-bond acceptors (Lipinski definition) is 6. The Morgan fingerprint density at radius 3 is 2.90 bits per heavy atom. The Balaban J connectivity index is 1.94. The Morgan fingerprint density at radius 2 is 2.19 bits per heavy atom. The van der Waals surface area contributed by atoms with E-state index in [4.69, 9.17) is 0 Å². The number of aromatic nitrogens is 4. The molecule has 7 heteroatoms. The van der Waals surface area contributed by atoms with Gasteiger partial charge in [-0.2, -0.15) is 0 Å². The third kappa shape index (κ3) is 2.81. The number of hydrogen-bond donors (Lipinski definition) is 1. The van der Waals surface area contributed by atoms with Gasteiger partial charge in [0.2, 0.25) is 5.91 Å². The molecule has 0 aromatic carbocycles. The summed E-state index contributed by atoms with van der Waals surface area (Å²) in [7, 11) is 0. The molecule has 108 valence electrons. The Bertz CT molecular complexity index is 673. The summed E-state index contributed by atoms with van der Waals surface area (Å²) < 4.78 is 0. The van der Waals surface area contributed by atoms with Crippen molar-refractivity contribution < 1.29 is 4.79 Å². The average molecular weight is 284 g/mol. The van der Waals surface area contributed by atoms with Crippen molar-refractivity contribution in [3.05, 3.63) is 35.7 Å². The first-order chi connectivity index (χ1) is 10.1. The van der Waals surface area contributed by atoms with Crippen LogP contribution in [0.4, 0.5) is 11.6 Å². The number of rotatable bonds is 2. The zero-order valence-corrected chi connectivity index (χ0v) is 12.0. The molecule has 1 aliphatic heterocycles. The molecule has 0 bridgehead atoms. The quantitative estimate of drug-likeness (QED) is 0.892. The minimum atomic E-state index is 0.0698. The summed E-state index contributed by atoms with van der Waals surface area (Å²) in [6, 6.07) is 0. The molecule has 2 aromatic rings. The van der Waals surface area contributed by atoms with E-state index in [9.17, 15) is 4.79 Å². The fraction of sp³-hybridized carbons (Fsp3) is 0.357. The second-order valence-corrected chi connectivity index (χ2v) is 4.95. The largest absolute Gasteiger partial charge is 0.337 e. The van der Waals surface area contributed by atoms with Gasteiger partial charge in [0.25, 0.3) is 0 Å². The van der Waals surface area contributed by atoms with Gasteiger partial charge in [0.15, 0.2) is 0 Å². The number of anilines is 2. The molecular weight excluding hydrogens is 268 g/mol. The lowest BCUT2D eigenvalue weighted by Gasteiger charge is -2.28. The van der Waals surface area contributed by atoms with Crippen LogP contribution in [0.5, 0.6) is 0 Å². The number of carbonyl (C=O) groups excluding carboxylic acids is 1. The highest BCUT2D eigenvalue weighted by atomic mass is 16.2. The molecule has 3 rings (SSSR count). The molecule has 0 saturated heterocycles. The van der Waals surface area contributed by atoms with E-state index in [0.29, 0.717) is 24.7 Å². The van der Waals surface area contributed by atoms with Crippen molar-refractivity contribution in [1.29, 1.82) is 0 Å². The fourth-order valence-corrected chi connectivity index (χ4v) is 2.41. The van der Waals surface area contributed by atoms with Crippen LogP contribution < -0.4 is 5.32 Å². The second-order valence-electron chi connectivity index (χ2n) is 4.95. The number of amides is 1. The highest BCUT2D eigenvalue weighted by molar-refractivity contribution is 5.73. The molecule has 21 heavy (non-hydrogen) atoms. The molecule has 0 atom stereocenters. The van der Waals surface area contributed by atoms with Crippen molar-refractivity contribution in [3.8, 4) is 0 Å². The molecular formula is C14H16N6O. The van der Waals surface area contributed by atoms with Crippen LogP contribution in [0.2, 0.25) is 0 Å². The van der Waals surface area contributed by atoms with Crippen LogP contribution in [-0.2, 0) is 17.8 Å². The number of carbonyl (C=O) groups is 1. The highest BCUT2D eigenvalue weighted by Crippen LogP contribution is 2.25. The van der Waals surface area contributed by atoms with Crippen LogP contribution in [0.3, 0.4) is 0 Å². The third-order valence-corrected chi connectivity index (χ3v) is 3.43. The number of nitrogens with one attached hydrogen (secondary N) is 1. The van der Waals surface area contributed by atoms with Gasteiger partial charge in [0, 0.05) is 31.4 Å². The monoisotopic (exact) mass is 284 g/mol. The molecule has 1 amide bonds. The van der Waals surface area contributed by atoms with Gasteiger partial charge >= 0.3 is 0 Å². The van der Waals surface area contributed by atoms with Gasteiger partial charge in [-0.05, 0) is 13.3 Å². The Labute approximate surface area is 122 Å². The van der Waals surface area contributed by atoms with E-state index < -0.39 is 0 Å². The van der Waals surface area contributed by atoms with Crippen LogP contribution in [0, 0.1) is 6.92 Å². The lowest BCUT2D eigenvalue weighted by molar-refractivity contribution is -0.129. The van der Waals surface area contributed by atoms with E-state index >= 15 is 0 Å². The summed E-state index contributed by atoms with van der Waals surface area (Å²) in [4.78, 5) is 30.5. The molecule has 1 aliphatic rings. The molecule has 0 unspecified atom stereocenters. The predicted octanol–water partition coefficient (Wildman–Crippen LogP) is 1.22. The first kappa shape index (κ1) is 13.4. The molecule has 3 heterocycles. The van der Waals surface area contributed by atoms with Crippen molar-refractivity contribution in [3.63, 3.8) is 0 Å². The lowest BCUT2D eigenvalue weighted by atomic mass is 10.1. The smallest absolute Gasteiger partial charge is 0.219 e. The van der Waals surface area contributed by atoms with Crippen LogP contribution in [0.1, 0.15) is 24.0 Å². The number of fused-ring (bicyclic) bond motifs is 1. The first-order valence-electron chi connectivity index (χ1n) is 6.78. The van der Waals surface area contributed by atoms with Gasteiger partial charge in [0.1, 0.15) is 17.5 Å². The van der Waals surface area contributed by atoms with Gasteiger partial charge in [0.05, 0.1) is 18.4 Å². The molecule has 0 aliphatic carbocycles. The maximum atomic E-state index is 11.5. The summed E-state index contributed by atoms with van der Waals surface area (Å²) >= 11 is 0. The van der Waals surface area contributed by atoms with Gasteiger partial charge in [-0.15, -0.1) is 0 Å². The number of aryl methyl sites for hydroxylation is 1. The maximum absolute atomic E-state index is 11.5. The zero-order valence-electron chi connectivity index (χ0n) is 12.0. The lowest BCUT2D eigenvalue weighted by Crippen LogP contribution is -2.35. The molecule has 1 N–H and O–H groups in total. The summed E-state index contributed by atoms with van der Waals surface area (Å²) in [6.45, 7) is 4.64. The molecule has 0 spiro atoms. The standard InChI is InChI=1S/C14H16N6O/c1-9-17-12-8-20(10(2)21)6-3-11(12)14(18-9)19-13-7-15-4-5-16-13/h4-5,7H,3,6,8H2,1-2H3,(H,16,17,18,19). The molecule has 0 radical (unpaired) electrons. The Kier molecular flexibility index (Phi) is 3.47. The third-order valence-electron chi connectivity index (χ3n) is 3.43. The molecule has 0 fully saturated rings. The molecule has 0 saturated carbocycles. The second kappa shape index (κ2) is 5.43. The van der Waals surface area contributed by atoms with E-state index in [0.717, 1.165) is 23.5 Å². The van der Waals surface area contributed by atoms with Crippen molar-refractivity contribution in [1.82, 2.24) is 24.8 Å². The van der Waals surface area contributed by atoms with E-state index in [1.165, 1.54) is 0 Å². The zero-order chi connectivity index (χ0) is 14.8. The van der Waals surface area contributed by atoms with Gasteiger partial charge in [-0.3, -0.25) is 9.78 Å². The maximum Gasteiger partial charge on any atom is 0.219 e. The predicted molar refractivity (Wildman–Crippen MR) is 76.9 cm³/mol. The minimum Gasteiger partial charge on any atom is -0.337 e. The van der Waals surface area contributed by atoms with E-state index in [1.807, 2.05) is 6.92 Å². The van der Waals surface area contributed by atoms with E-state index in [2.05, 4.69) is 25.3 Å². The minimum absolute atomic E-state index is 0.0698. The Morgan fingerprint density at radius 1 is 1.33 bits per heavy atom. The fourth-order valence-electron chi connectivity index (χ4n) is 2.41. The van der Waals surface area contributed by atoms with Crippen LogP contribution >= 0.6 is 0 Å². The summed E-state index contributed by atoms with van der Waals surface area (Å²) in [6.07, 6.45) is 5.63. The molecule has 2 aromatic heterocycles. The van der Waals surface area contributed by atoms with E-state index in [-0.39, 0.29) is 5.91 Å². The van der Waals surface area contributed by atoms with Crippen LogP contribution in [0.25, 0.3) is 0 Å². The normalized spacial score (nSPS) is 13.7. The highest BCUT2D eigenvalue weighted by Gasteiger charge is 2.23. The molecule has 7 nitrogen and oxygen atoms in total. The average Bonchev–Trinajstić information content (AvgIpc) is 2.47. The topological polar surface area (TPSA) is 83.9 Å². The van der Waals surface area contributed by atoms with Crippen LogP contribution in [0.15, 0.2) is 18.6 Å². The summed E-state index contributed by atoms with van der Waals surface area (Å²) in [5.74, 6) is 2.14. The van der Waals surface area contributed by atoms with Crippen molar-refractivity contribution in [2.45, 2.75) is 26.8 Å². The Hall–Kier alpha value is -2.57. The summed E-state index contributed by atoms with van der Waals surface area (Å²) in [5, 5.41) is 3.19. The number of nitrogens with zero attached hydrogens (tertiary/aromatic N) is 5. The van der Waals surface area contributed by atoms with E-state index in [1.54, 1.807) is 30.4 Å². The van der Waals surface area contributed by atoms with Gasteiger partial charge in [-0.1, -0.05) is 0 Å². The van der Waals surface area contributed by atoms with Crippen molar-refractivity contribution >= 4 is 17.5 Å². The van der Waals surface area contributed by atoms with Crippen molar-refractivity contribution in [2.75, 3.05) is 11.9 Å². The summed E-state index contributed by atoms with van der Waals surface area (Å²) in [5.41, 5.74) is 1.94.